The molecule has 0 unspecified atom stereocenters. The fourth-order valence-electron chi connectivity index (χ4n) is 3.70. The summed E-state index contributed by atoms with van der Waals surface area (Å²) in [6, 6.07) is 0. The van der Waals surface area contributed by atoms with Gasteiger partial charge in [-0.2, -0.15) is 0 Å². The maximum atomic E-state index is 2.80. The van der Waals surface area contributed by atoms with Gasteiger partial charge in [0, 0.05) is 5.54 Å². The van der Waals surface area contributed by atoms with Crippen molar-refractivity contribution >= 4 is 0 Å². The zero-order valence-corrected chi connectivity index (χ0v) is 15.3. The van der Waals surface area contributed by atoms with Crippen LogP contribution in [0, 0.1) is 0 Å². The number of nitrogens with zero attached hydrogens (tertiary/aromatic N) is 1. The standard InChI is InChI=1S/C20H41N/c1-4-5-6-7-8-11-14-17-20(2,3)21-18-15-12-9-10-13-16-19-21/h4-19H2,1-3H3. The molecule has 1 nitrogen and oxygen atoms in total. The molecule has 0 N–H and O–H groups in total. The van der Waals surface area contributed by atoms with Crippen LogP contribution in [-0.2, 0) is 0 Å². The summed E-state index contributed by atoms with van der Waals surface area (Å²) in [5.41, 5.74) is 0.424. The molecule has 0 amide bonds. The van der Waals surface area contributed by atoms with Gasteiger partial charge in [-0.1, -0.05) is 77.6 Å². The molecule has 1 heterocycles. The van der Waals surface area contributed by atoms with Crippen LogP contribution in [0.25, 0.3) is 0 Å². The zero-order valence-electron chi connectivity index (χ0n) is 15.3. The van der Waals surface area contributed by atoms with Gasteiger partial charge in [0.05, 0.1) is 0 Å². The average Bonchev–Trinajstić information content (AvgIpc) is 2.60. The molecule has 0 aliphatic carbocycles. The second kappa shape index (κ2) is 11.5. The van der Waals surface area contributed by atoms with E-state index in [2.05, 4.69) is 25.7 Å². The molecule has 0 atom stereocenters. The Bertz CT molecular complexity index is 224. The first-order chi connectivity index (χ1) is 10.2. The fraction of sp³-hybridized carbons (Fsp3) is 1.00. The van der Waals surface area contributed by atoms with Gasteiger partial charge in [0.15, 0.2) is 0 Å². The van der Waals surface area contributed by atoms with Gasteiger partial charge in [-0.25, -0.2) is 0 Å². The zero-order chi connectivity index (χ0) is 15.4. The van der Waals surface area contributed by atoms with Crippen molar-refractivity contribution in [3.8, 4) is 0 Å². The Balaban J connectivity index is 2.20. The lowest BCUT2D eigenvalue weighted by Crippen LogP contribution is -2.44. The molecule has 0 spiro atoms. The predicted molar refractivity (Wildman–Crippen MR) is 96.0 cm³/mol. The molecule has 0 aromatic heterocycles. The van der Waals surface area contributed by atoms with Crippen LogP contribution in [-0.4, -0.2) is 23.5 Å². The maximum Gasteiger partial charge on any atom is 0.0153 e. The Kier molecular flexibility index (Phi) is 10.4. The molecule has 21 heavy (non-hydrogen) atoms. The average molecular weight is 296 g/mol. The third-order valence-corrected chi connectivity index (χ3v) is 5.35. The molecule has 0 bridgehead atoms. The van der Waals surface area contributed by atoms with Crippen LogP contribution in [0.3, 0.4) is 0 Å². The molecule has 1 heteroatoms. The highest BCUT2D eigenvalue weighted by Crippen LogP contribution is 2.25. The summed E-state index contributed by atoms with van der Waals surface area (Å²) in [6.45, 7) is 9.95. The van der Waals surface area contributed by atoms with E-state index < -0.39 is 0 Å². The third kappa shape index (κ3) is 8.86. The van der Waals surface area contributed by atoms with Gasteiger partial charge in [-0.15, -0.1) is 0 Å². The molecule has 126 valence electrons. The minimum absolute atomic E-state index is 0.424. The van der Waals surface area contributed by atoms with E-state index in [1.807, 2.05) is 0 Å². The summed E-state index contributed by atoms with van der Waals surface area (Å²) in [4.78, 5) is 2.80. The van der Waals surface area contributed by atoms with E-state index >= 15 is 0 Å². The number of rotatable bonds is 9. The van der Waals surface area contributed by atoms with E-state index in [0.717, 1.165) is 0 Å². The van der Waals surface area contributed by atoms with Gasteiger partial charge >= 0.3 is 0 Å². The smallest absolute Gasteiger partial charge is 0.0153 e. The largest absolute Gasteiger partial charge is 0.298 e. The SMILES string of the molecule is CCCCCCCCCC(C)(C)N1CCCCCCCC1. The molecule has 0 aromatic carbocycles. The first-order valence-electron chi connectivity index (χ1n) is 9.92. The summed E-state index contributed by atoms with van der Waals surface area (Å²) in [6.07, 6.45) is 20.1. The van der Waals surface area contributed by atoms with E-state index in [4.69, 9.17) is 0 Å². The Morgan fingerprint density at radius 3 is 1.71 bits per heavy atom. The van der Waals surface area contributed by atoms with Gasteiger partial charge < -0.3 is 0 Å². The molecule has 0 saturated carbocycles. The highest BCUT2D eigenvalue weighted by Gasteiger charge is 2.25. The first-order valence-corrected chi connectivity index (χ1v) is 9.92. The molecule has 1 aliphatic heterocycles. The van der Waals surface area contributed by atoms with E-state index in [1.54, 1.807) is 0 Å². The lowest BCUT2D eigenvalue weighted by molar-refractivity contribution is 0.105. The summed E-state index contributed by atoms with van der Waals surface area (Å²) < 4.78 is 0. The maximum absolute atomic E-state index is 2.80. The van der Waals surface area contributed by atoms with Crippen molar-refractivity contribution in [3.05, 3.63) is 0 Å². The minimum atomic E-state index is 0.424. The van der Waals surface area contributed by atoms with Crippen LogP contribution in [0.5, 0.6) is 0 Å². The second-order valence-electron chi connectivity index (χ2n) is 7.79. The fourth-order valence-corrected chi connectivity index (χ4v) is 3.70. The highest BCUT2D eigenvalue weighted by molar-refractivity contribution is 4.82. The van der Waals surface area contributed by atoms with Crippen LogP contribution in [0.1, 0.15) is 111 Å². The van der Waals surface area contributed by atoms with Crippen molar-refractivity contribution in [3.63, 3.8) is 0 Å². The number of unbranched alkanes of at least 4 members (excludes halogenated alkanes) is 6. The number of hydrogen-bond donors (Lipinski definition) is 0. The van der Waals surface area contributed by atoms with Gasteiger partial charge in [-0.05, 0) is 46.2 Å². The van der Waals surface area contributed by atoms with Gasteiger partial charge in [0.2, 0.25) is 0 Å². The van der Waals surface area contributed by atoms with Crippen LogP contribution in [0.4, 0.5) is 0 Å². The minimum Gasteiger partial charge on any atom is -0.298 e. The topological polar surface area (TPSA) is 3.24 Å². The molecular formula is C20H41N. The Labute approximate surface area is 134 Å². The molecule has 1 fully saturated rings. The highest BCUT2D eigenvalue weighted by atomic mass is 15.2. The Hall–Kier alpha value is -0.0400. The van der Waals surface area contributed by atoms with Crippen molar-refractivity contribution in [1.82, 2.24) is 4.90 Å². The summed E-state index contributed by atoms with van der Waals surface area (Å²) in [5, 5.41) is 0. The molecule has 1 rings (SSSR count). The van der Waals surface area contributed by atoms with Gasteiger partial charge in [-0.3, -0.25) is 4.90 Å². The normalized spacial score (nSPS) is 19.0. The van der Waals surface area contributed by atoms with E-state index in [1.165, 1.54) is 103 Å². The van der Waals surface area contributed by atoms with Gasteiger partial charge in [0.1, 0.15) is 0 Å². The quantitative estimate of drug-likeness (QED) is 0.435. The van der Waals surface area contributed by atoms with Crippen molar-refractivity contribution in [1.29, 1.82) is 0 Å². The first kappa shape index (κ1) is 19.0. The monoisotopic (exact) mass is 295 g/mol. The van der Waals surface area contributed by atoms with E-state index in [0.29, 0.717) is 5.54 Å². The summed E-state index contributed by atoms with van der Waals surface area (Å²) in [5.74, 6) is 0. The van der Waals surface area contributed by atoms with E-state index in [-0.39, 0.29) is 0 Å². The van der Waals surface area contributed by atoms with Crippen LogP contribution in [0.15, 0.2) is 0 Å². The summed E-state index contributed by atoms with van der Waals surface area (Å²) >= 11 is 0. The van der Waals surface area contributed by atoms with Crippen LogP contribution in [0.2, 0.25) is 0 Å². The van der Waals surface area contributed by atoms with Crippen molar-refractivity contribution < 1.29 is 0 Å². The van der Waals surface area contributed by atoms with Crippen molar-refractivity contribution in [2.24, 2.45) is 0 Å². The molecule has 0 aromatic rings. The Morgan fingerprint density at radius 1 is 0.667 bits per heavy atom. The van der Waals surface area contributed by atoms with Gasteiger partial charge in [0.25, 0.3) is 0 Å². The lowest BCUT2D eigenvalue weighted by Gasteiger charge is -2.39. The van der Waals surface area contributed by atoms with Crippen molar-refractivity contribution in [2.45, 2.75) is 116 Å². The van der Waals surface area contributed by atoms with Crippen LogP contribution >= 0.6 is 0 Å². The molecular weight excluding hydrogens is 254 g/mol. The number of hydrogen-bond acceptors (Lipinski definition) is 1. The Morgan fingerprint density at radius 2 is 1.14 bits per heavy atom. The predicted octanol–water partition coefficient (Wildman–Crippen LogP) is 6.56. The molecule has 1 saturated heterocycles. The second-order valence-corrected chi connectivity index (χ2v) is 7.79. The molecule has 1 aliphatic rings. The molecule has 0 radical (unpaired) electrons. The summed E-state index contributed by atoms with van der Waals surface area (Å²) in [7, 11) is 0. The van der Waals surface area contributed by atoms with Crippen molar-refractivity contribution in [2.75, 3.05) is 13.1 Å². The van der Waals surface area contributed by atoms with E-state index in [9.17, 15) is 0 Å². The van der Waals surface area contributed by atoms with Crippen LogP contribution < -0.4 is 0 Å². The third-order valence-electron chi connectivity index (χ3n) is 5.35. The lowest BCUT2D eigenvalue weighted by atomic mass is 9.93.